The molecule has 0 bridgehead atoms. The molecular formula is C9H17OP. The standard InChI is InChI=1S/C9H17OP/c1-2-5-9(6-3-1)11-8-4-7-10-11/h9H,1-8H2. The van der Waals surface area contributed by atoms with Gasteiger partial charge >= 0.3 is 0 Å². The van der Waals surface area contributed by atoms with Gasteiger partial charge in [0, 0.05) is 13.8 Å². The van der Waals surface area contributed by atoms with Crippen molar-refractivity contribution >= 4 is 8.15 Å². The molecule has 1 saturated carbocycles. The Morgan fingerprint density at radius 1 is 1.00 bits per heavy atom. The molecule has 1 aliphatic carbocycles. The third-order valence-electron chi connectivity index (χ3n) is 2.76. The predicted molar refractivity (Wildman–Crippen MR) is 49.2 cm³/mol. The average molecular weight is 172 g/mol. The van der Waals surface area contributed by atoms with Crippen molar-refractivity contribution in [3.05, 3.63) is 0 Å². The fourth-order valence-corrected chi connectivity index (χ4v) is 4.57. The molecule has 1 atom stereocenters. The monoisotopic (exact) mass is 172 g/mol. The van der Waals surface area contributed by atoms with Gasteiger partial charge in [-0.1, -0.05) is 19.3 Å². The van der Waals surface area contributed by atoms with Gasteiger partial charge in [-0.05, 0) is 25.4 Å². The van der Waals surface area contributed by atoms with Crippen LogP contribution in [0.25, 0.3) is 0 Å². The number of hydrogen-bond acceptors (Lipinski definition) is 1. The molecule has 0 aromatic rings. The Bertz CT molecular complexity index is 115. The van der Waals surface area contributed by atoms with Crippen molar-refractivity contribution in [3.8, 4) is 0 Å². The molecule has 0 spiro atoms. The van der Waals surface area contributed by atoms with Crippen LogP contribution in [-0.2, 0) is 4.52 Å². The van der Waals surface area contributed by atoms with Crippen LogP contribution in [0.15, 0.2) is 0 Å². The fraction of sp³-hybridized carbons (Fsp3) is 1.00. The van der Waals surface area contributed by atoms with E-state index < -0.39 is 0 Å². The summed E-state index contributed by atoms with van der Waals surface area (Å²) in [5.74, 6) is 0. The lowest BCUT2D eigenvalue weighted by Crippen LogP contribution is -2.10. The number of hydrogen-bond donors (Lipinski definition) is 0. The van der Waals surface area contributed by atoms with Gasteiger partial charge in [-0.3, -0.25) is 0 Å². The average Bonchev–Trinajstić information content (AvgIpc) is 2.58. The van der Waals surface area contributed by atoms with Crippen molar-refractivity contribution in [1.82, 2.24) is 0 Å². The zero-order valence-corrected chi connectivity index (χ0v) is 7.98. The highest BCUT2D eigenvalue weighted by molar-refractivity contribution is 7.53. The largest absolute Gasteiger partial charge is 0.359 e. The van der Waals surface area contributed by atoms with Gasteiger partial charge in [0.2, 0.25) is 0 Å². The van der Waals surface area contributed by atoms with E-state index in [0.29, 0.717) is 0 Å². The highest BCUT2D eigenvalue weighted by Gasteiger charge is 2.26. The first kappa shape index (κ1) is 8.01. The summed E-state index contributed by atoms with van der Waals surface area (Å²) in [6, 6.07) is 0. The van der Waals surface area contributed by atoms with Gasteiger partial charge in [-0.15, -0.1) is 0 Å². The lowest BCUT2D eigenvalue weighted by Gasteiger charge is -2.26. The van der Waals surface area contributed by atoms with Gasteiger partial charge in [0.15, 0.2) is 0 Å². The molecule has 0 N–H and O–H groups in total. The zero-order valence-electron chi connectivity index (χ0n) is 7.09. The summed E-state index contributed by atoms with van der Waals surface area (Å²) in [5, 5.41) is 0. The summed E-state index contributed by atoms with van der Waals surface area (Å²) in [6.07, 6.45) is 10.1. The second kappa shape index (κ2) is 3.87. The van der Waals surface area contributed by atoms with Crippen LogP contribution in [0.5, 0.6) is 0 Å². The second-order valence-corrected chi connectivity index (χ2v) is 5.89. The smallest absolute Gasteiger partial charge is 0.0513 e. The van der Waals surface area contributed by atoms with E-state index in [2.05, 4.69) is 0 Å². The first-order valence-corrected chi connectivity index (χ1v) is 6.38. The highest BCUT2D eigenvalue weighted by atomic mass is 31.1. The SMILES string of the molecule is C1CCC(P2CCCO2)CC1. The van der Waals surface area contributed by atoms with E-state index in [1.54, 1.807) is 0 Å². The molecule has 2 rings (SSSR count). The summed E-state index contributed by atoms with van der Waals surface area (Å²) in [4.78, 5) is 0. The van der Waals surface area contributed by atoms with Crippen LogP contribution in [0.4, 0.5) is 0 Å². The third-order valence-corrected chi connectivity index (χ3v) is 5.36. The molecule has 0 aromatic heterocycles. The minimum Gasteiger partial charge on any atom is -0.359 e. The van der Waals surface area contributed by atoms with Crippen LogP contribution in [-0.4, -0.2) is 18.4 Å². The summed E-state index contributed by atoms with van der Waals surface area (Å²) in [5.41, 5.74) is 0.987. The molecule has 2 fully saturated rings. The van der Waals surface area contributed by atoms with Gasteiger partial charge < -0.3 is 4.52 Å². The van der Waals surface area contributed by atoms with Crippen LogP contribution in [0, 0.1) is 0 Å². The maximum atomic E-state index is 5.76. The van der Waals surface area contributed by atoms with E-state index in [1.807, 2.05) is 0 Å². The first-order chi connectivity index (χ1) is 5.47. The normalized spacial score (nSPS) is 34.4. The molecule has 1 unspecified atom stereocenters. The van der Waals surface area contributed by atoms with Crippen LogP contribution >= 0.6 is 8.15 Å². The molecule has 0 amide bonds. The second-order valence-electron chi connectivity index (χ2n) is 3.62. The molecule has 1 heterocycles. The quantitative estimate of drug-likeness (QED) is 0.552. The van der Waals surface area contributed by atoms with Crippen molar-refractivity contribution in [3.63, 3.8) is 0 Å². The Kier molecular flexibility index (Phi) is 2.82. The van der Waals surface area contributed by atoms with E-state index in [1.165, 1.54) is 44.7 Å². The third kappa shape index (κ3) is 1.95. The summed E-state index contributed by atoms with van der Waals surface area (Å²) >= 11 is 0. The molecule has 11 heavy (non-hydrogen) atoms. The Hall–Kier alpha value is 0.390. The van der Waals surface area contributed by atoms with Gasteiger partial charge in [-0.25, -0.2) is 0 Å². The maximum Gasteiger partial charge on any atom is 0.0513 e. The van der Waals surface area contributed by atoms with Crippen molar-refractivity contribution < 1.29 is 4.52 Å². The molecular weight excluding hydrogens is 155 g/mol. The van der Waals surface area contributed by atoms with E-state index in [4.69, 9.17) is 4.52 Å². The Morgan fingerprint density at radius 3 is 2.45 bits per heavy atom. The Labute approximate surface area is 70.3 Å². The lowest BCUT2D eigenvalue weighted by molar-refractivity contribution is 0.372. The Balaban J connectivity index is 1.82. The predicted octanol–water partition coefficient (Wildman–Crippen LogP) is 3.14. The molecule has 2 aliphatic rings. The molecule has 64 valence electrons. The lowest BCUT2D eigenvalue weighted by atomic mass is 10.0. The summed E-state index contributed by atoms with van der Waals surface area (Å²) in [7, 11) is 0.0367. The fourth-order valence-electron chi connectivity index (χ4n) is 2.12. The maximum absolute atomic E-state index is 5.76. The molecule has 1 aliphatic heterocycles. The summed E-state index contributed by atoms with van der Waals surface area (Å²) < 4.78 is 5.76. The molecule has 1 saturated heterocycles. The van der Waals surface area contributed by atoms with E-state index in [9.17, 15) is 0 Å². The van der Waals surface area contributed by atoms with Crippen molar-refractivity contribution in [2.45, 2.75) is 44.2 Å². The summed E-state index contributed by atoms with van der Waals surface area (Å²) in [6.45, 7) is 1.06. The van der Waals surface area contributed by atoms with Crippen LogP contribution in [0.1, 0.15) is 38.5 Å². The molecule has 2 heteroatoms. The van der Waals surface area contributed by atoms with Crippen molar-refractivity contribution in [1.29, 1.82) is 0 Å². The van der Waals surface area contributed by atoms with E-state index in [0.717, 1.165) is 12.3 Å². The van der Waals surface area contributed by atoms with Crippen molar-refractivity contribution in [2.24, 2.45) is 0 Å². The highest BCUT2D eigenvalue weighted by Crippen LogP contribution is 2.52. The van der Waals surface area contributed by atoms with Gasteiger partial charge in [-0.2, -0.15) is 0 Å². The van der Waals surface area contributed by atoms with Crippen LogP contribution in [0.2, 0.25) is 0 Å². The minimum absolute atomic E-state index is 0.0367. The van der Waals surface area contributed by atoms with Crippen LogP contribution < -0.4 is 0 Å². The molecule has 1 nitrogen and oxygen atoms in total. The van der Waals surface area contributed by atoms with Gasteiger partial charge in [0.25, 0.3) is 0 Å². The van der Waals surface area contributed by atoms with Gasteiger partial charge in [0.05, 0.1) is 6.61 Å². The zero-order chi connectivity index (χ0) is 7.52. The topological polar surface area (TPSA) is 9.23 Å². The number of rotatable bonds is 1. The molecule has 0 radical (unpaired) electrons. The van der Waals surface area contributed by atoms with E-state index in [-0.39, 0.29) is 8.15 Å². The van der Waals surface area contributed by atoms with E-state index >= 15 is 0 Å². The van der Waals surface area contributed by atoms with Crippen molar-refractivity contribution in [2.75, 3.05) is 12.8 Å². The minimum atomic E-state index is 0.0367. The Morgan fingerprint density at radius 2 is 1.82 bits per heavy atom. The molecule has 0 aromatic carbocycles. The van der Waals surface area contributed by atoms with Gasteiger partial charge in [0.1, 0.15) is 0 Å². The first-order valence-electron chi connectivity index (χ1n) is 4.86. The van der Waals surface area contributed by atoms with Crippen LogP contribution in [0.3, 0.4) is 0 Å².